The van der Waals surface area contributed by atoms with Gasteiger partial charge in [0.15, 0.2) is 0 Å². The van der Waals surface area contributed by atoms with Crippen LogP contribution in [0.2, 0.25) is 0 Å². The molecule has 0 radical (unpaired) electrons. The molecule has 0 aromatic heterocycles. The van der Waals surface area contributed by atoms with Gasteiger partial charge in [0.05, 0.1) is 6.61 Å². The molecule has 4 nitrogen and oxygen atoms in total. The molecule has 0 aliphatic carbocycles. The Bertz CT molecular complexity index is 479. The first-order valence-corrected chi connectivity index (χ1v) is 5.94. The first kappa shape index (κ1) is 12.4. The van der Waals surface area contributed by atoms with Gasteiger partial charge in [-0.15, -0.1) is 0 Å². The van der Waals surface area contributed by atoms with Crippen molar-refractivity contribution in [1.82, 2.24) is 5.32 Å². The van der Waals surface area contributed by atoms with Crippen molar-refractivity contribution in [3.63, 3.8) is 0 Å². The van der Waals surface area contributed by atoms with Crippen molar-refractivity contribution < 1.29 is 14.3 Å². The van der Waals surface area contributed by atoms with E-state index >= 15 is 0 Å². The SMILES string of the molecule is CCOC(=O)/C=C1\NC(=O)C[C@@H]1c1ccccc1. The topological polar surface area (TPSA) is 55.4 Å². The van der Waals surface area contributed by atoms with Gasteiger partial charge >= 0.3 is 5.97 Å². The highest BCUT2D eigenvalue weighted by Crippen LogP contribution is 2.30. The summed E-state index contributed by atoms with van der Waals surface area (Å²) in [7, 11) is 0. The first-order valence-electron chi connectivity index (χ1n) is 5.94. The molecule has 1 aromatic rings. The van der Waals surface area contributed by atoms with E-state index in [4.69, 9.17) is 4.74 Å². The highest BCUT2D eigenvalue weighted by molar-refractivity contribution is 5.88. The zero-order valence-electron chi connectivity index (χ0n) is 10.2. The summed E-state index contributed by atoms with van der Waals surface area (Å²) in [5, 5.41) is 2.71. The molecule has 2 rings (SSSR count). The summed E-state index contributed by atoms with van der Waals surface area (Å²) in [5.74, 6) is -0.571. The van der Waals surface area contributed by atoms with Crippen LogP contribution in [0.25, 0.3) is 0 Å². The lowest BCUT2D eigenvalue weighted by atomic mass is 9.95. The van der Waals surface area contributed by atoms with Crippen LogP contribution in [0.15, 0.2) is 42.1 Å². The van der Waals surface area contributed by atoms with E-state index in [0.29, 0.717) is 18.7 Å². The molecule has 1 aliphatic rings. The van der Waals surface area contributed by atoms with E-state index in [1.165, 1.54) is 6.08 Å². The van der Waals surface area contributed by atoms with E-state index < -0.39 is 5.97 Å². The largest absolute Gasteiger partial charge is 0.463 e. The third-order valence-electron chi connectivity index (χ3n) is 2.81. The van der Waals surface area contributed by atoms with Gasteiger partial charge in [-0.2, -0.15) is 0 Å². The third kappa shape index (κ3) is 2.77. The molecule has 0 saturated carbocycles. The lowest BCUT2D eigenvalue weighted by Crippen LogP contribution is -2.14. The fourth-order valence-corrected chi connectivity index (χ4v) is 2.02. The molecule has 0 spiro atoms. The second kappa shape index (κ2) is 5.49. The van der Waals surface area contributed by atoms with Crippen molar-refractivity contribution >= 4 is 11.9 Å². The highest BCUT2D eigenvalue weighted by atomic mass is 16.5. The number of carbonyl (C=O) groups is 2. The van der Waals surface area contributed by atoms with E-state index in [9.17, 15) is 9.59 Å². The van der Waals surface area contributed by atoms with Gasteiger partial charge in [-0.1, -0.05) is 30.3 Å². The maximum absolute atomic E-state index is 11.5. The second-order valence-electron chi connectivity index (χ2n) is 4.07. The van der Waals surface area contributed by atoms with Gasteiger partial charge in [-0.25, -0.2) is 4.79 Å². The van der Waals surface area contributed by atoms with Gasteiger partial charge in [-0.05, 0) is 12.5 Å². The van der Waals surface area contributed by atoms with E-state index in [1.54, 1.807) is 6.92 Å². The van der Waals surface area contributed by atoms with Crippen LogP contribution in [0.5, 0.6) is 0 Å². The molecule has 1 aliphatic heterocycles. The number of esters is 1. The summed E-state index contributed by atoms with van der Waals surface area (Å²) in [4.78, 5) is 22.9. The average molecular weight is 245 g/mol. The van der Waals surface area contributed by atoms with Crippen molar-refractivity contribution in [3.8, 4) is 0 Å². The first-order chi connectivity index (χ1) is 8.70. The van der Waals surface area contributed by atoms with Crippen LogP contribution < -0.4 is 5.32 Å². The Morgan fingerprint density at radius 3 is 2.83 bits per heavy atom. The molecule has 1 heterocycles. The number of allylic oxidation sites excluding steroid dienone is 1. The number of carbonyl (C=O) groups excluding carboxylic acids is 2. The lowest BCUT2D eigenvalue weighted by molar-refractivity contribution is -0.137. The average Bonchev–Trinajstić information content (AvgIpc) is 2.71. The Balaban J connectivity index is 2.23. The van der Waals surface area contributed by atoms with Crippen LogP contribution in [0, 0.1) is 0 Å². The van der Waals surface area contributed by atoms with Gasteiger partial charge < -0.3 is 10.1 Å². The number of amides is 1. The van der Waals surface area contributed by atoms with E-state index in [-0.39, 0.29) is 11.8 Å². The van der Waals surface area contributed by atoms with Crippen LogP contribution in [-0.4, -0.2) is 18.5 Å². The number of benzene rings is 1. The predicted octanol–water partition coefficient (Wildman–Crippen LogP) is 1.74. The summed E-state index contributed by atoms with van der Waals surface area (Å²) in [6, 6.07) is 9.65. The van der Waals surface area contributed by atoms with Crippen molar-refractivity contribution in [2.45, 2.75) is 19.3 Å². The molecule has 1 saturated heterocycles. The molecule has 1 amide bonds. The quantitative estimate of drug-likeness (QED) is 0.652. The van der Waals surface area contributed by atoms with Gasteiger partial charge in [0.25, 0.3) is 0 Å². The van der Waals surface area contributed by atoms with Crippen LogP contribution in [0.3, 0.4) is 0 Å². The summed E-state index contributed by atoms with van der Waals surface area (Å²) < 4.78 is 4.86. The lowest BCUT2D eigenvalue weighted by Gasteiger charge is -2.10. The number of nitrogens with one attached hydrogen (secondary N) is 1. The summed E-state index contributed by atoms with van der Waals surface area (Å²) in [5.41, 5.74) is 1.64. The Labute approximate surface area is 106 Å². The van der Waals surface area contributed by atoms with Gasteiger partial charge in [0.2, 0.25) is 5.91 Å². The molecule has 0 bridgehead atoms. The highest BCUT2D eigenvalue weighted by Gasteiger charge is 2.28. The van der Waals surface area contributed by atoms with Crippen LogP contribution in [0.4, 0.5) is 0 Å². The standard InChI is InChI=1S/C14H15NO3/c1-2-18-14(17)9-12-11(8-13(16)15-12)10-6-4-3-5-7-10/h3-7,9,11H,2,8H2,1H3,(H,15,16)/b12-9-/t11-/m1/s1. The Morgan fingerprint density at radius 2 is 2.17 bits per heavy atom. The Morgan fingerprint density at radius 1 is 1.44 bits per heavy atom. The molecule has 1 fully saturated rings. The van der Waals surface area contributed by atoms with Gasteiger partial charge in [0.1, 0.15) is 0 Å². The monoisotopic (exact) mass is 245 g/mol. The Hall–Kier alpha value is -2.10. The molecule has 0 unspecified atom stereocenters. The molecule has 94 valence electrons. The maximum Gasteiger partial charge on any atom is 0.332 e. The molecule has 1 aromatic carbocycles. The second-order valence-corrected chi connectivity index (χ2v) is 4.07. The van der Waals surface area contributed by atoms with Crippen LogP contribution in [-0.2, 0) is 14.3 Å². The molecule has 18 heavy (non-hydrogen) atoms. The fourth-order valence-electron chi connectivity index (χ4n) is 2.02. The molecule has 1 atom stereocenters. The number of hydrogen-bond acceptors (Lipinski definition) is 3. The summed E-state index contributed by atoms with van der Waals surface area (Å²) in [6.07, 6.45) is 1.74. The van der Waals surface area contributed by atoms with Crippen molar-refractivity contribution in [1.29, 1.82) is 0 Å². The number of ether oxygens (including phenoxy) is 1. The summed E-state index contributed by atoms with van der Waals surface area (Å²) in [6.45, 7) is 2.07. The van der Waals surface area contributed by atoms with Crippen LogP contribution >= 0.6 is 0 Å². The van der Waals surface area contributed by atoms with Gasteiger partial charge in [0, 0.05) is 24.1 Å². The third-order valence-corrected chi connectivity index (χ3v) is 2.81. The normalized spacial score (nSPS) is 20.8. The molecule has 4 heteroatoms. The predicted molar refractivity (Wildman–Crippen MR) is 66.7 cm³/mol. The molecular weight excluding hydrogens is 230 g/mol. The Kier molecular flexibility index (Phi) is 3.77. The smallest absolute Gasteiger partial charge is 0.332 e. The van der Waals surface area contributed by atoms with Crippen LogP contribution in [0.1, 0.15) is 24.8 Å². The minimum atomic E-state index is -0.421. The van der Waals surface area contributed by atoms with Crippen molar-refractivity contribution in [3.05, 3.63) is 47.7 Å². The van der Waals surface area contributed by atoms with E-state index in [1.807, 2.05) is 30.3 Å². The maximum atomic E-state index is 11.5. The van der Waals surface area contributed by atoms with Gasteiger partial charge in [-0.3, -0.25) is 4.79 Å². The zero-order chi connectivity index (χ0) is 13.0. The number of hydrogen-bond donors (Lipinski definition) is 1. The minimum absolute atomic E-state index is 0.0700. The number of rotatable bonds is 3. The fraction of sp³-hybridized carbons (Fsp3) is 0.286. The van der Waals surface area contributed by atoms with E-state index in [0.717, 1.165) is 5.56 Å². The zero-order valence-corrected chi connectivity index (χ0v) is 10.2. The summed E-state index contributed by atoms with van der Waals surface area (Å²) >= 11 is 0. The van der Waals surface area contributed by atoms with Crippen molar-refractivity contribution in [2.24, 2.45) is 0 Å². The molecule has 1 N–H and O–H groups in total. The minimum Gasteiger partial charge on any atom is -0.463 e. The van der Waals surface area contributed by atoms with Crippen molar-refractivity contribution in [2.75, 3.05) is 6.61 Å². The van der Waals surface area contributed by atoms with E-state index in [2.05, 4.69) is 5.32 Å². The molecular formula is C14H15NO3.